The second kappa shape index (κ2) is 8.95. The standard InChI is InChI=1S/C29H19F3N2O4/c30-29(31,32)18-6-1-5-17(12-18)27(35)34-19-7-2-4-16(13-19)20-10-11-21(25-23(20)14-33-28(25)36)22-8-3-9-24-26(22)38-15-37-24/h1-13H,14-15H2,(H,33,36)(H,34,35). The van der Waals surface area contributed by atoms with Gasteiger partial charge in [-0.05, 0) is 58.7 Å². The molecule has 0 saturated heterocycles. The summed E-state index contributed by atoms with van der Waals surface area (Å²) in [5, 5.41) is 5.56. The van der Waals surface area contributed by atoms with E-state index in [0.29, 0.717) is 29.3 Å². The van der Waals surface area contributed by atoms with Crippen LogP contribution in [0, 0.1) is 0 Å². The number of ether oxygens (including phenoxy) is 2. The highest BCUT2D eigenvalue weighted by molar-refractivity contribution is 6.08. The molecule has 4 aromatic rings. The summed E-state index contributed by atoms with van der Waals surface area (Å²) in [6.07, 6.45) is -4.55. The van der Waals surface area contributed by atoms with Crippen molar-refractivity contribution in [1.82, 2.24) is 5.32 Å². The fraction of sp³-hybridized carbons (Fsp3) is 0.103. The molecular weight excluding hydrogens is 497 g/mol. The molecule has 2 aliphatic rings. The van der Waals surface area contributed by atoms with E-state index in [1.54, 1.807) is 24.3 Å². The molecule has 6 nitrogen and oxygen atoms in total. The maximum atomic E-state index is 13.1. The quantitative estimate of drug-likeness (QED) is 0.336. The molecule has 0 unspecified atom stereocenters. The first-order valence-electron chi connectivity index (χ1n) is 11.7. The molecule has 190 valence electrons. The maximum Gasteiger partial charge on any atom is 0.416 e. The van der Waals surface area contributed by atoms with Gasteiger partial charge in [0.15, 0.2) is 11.5 Å². The molecule has 2 heterocycles. The molecule has 0 aromatic heterocycles. The van der Waals surface area contributed by atoms with E-state index in [1.165, 1.54) is 12.1 Å². The number of carbonyl (C=O) groups excluding carboxylic acids is 2. The highest BCUT2D eigenvalue weighted by atomic mass is 19.4. The first-order valence-corrected chi connectivity index (χ1v) is 11.7. The minimum atomic E-state index is -4.55. The number of nitrogens with one attached hydrogen (secondary N) is 2. The molecule has 6 rings (SSSR count). The van der Waals surface area contributed by atoms with Gasteiger partial charge in [0.05, 0.1) is 11.1 Å². The molecule has 4 aromatic carbocycles. The fourth-order valence-electron chi connectivity index (χ4n) is 4.79. The van der Waals surface area contributed by atoms with Crippen LogP contribution in [0.15, 0.2) is 78.9 Å². The van der Waals surface area contributed by atoms with Crippen LogP contribution in [0.3, 0.4) is 0 Å². The lowest BCUT2D eigenvalue weighted by atomic mass is 9.90. The summed E-state index contributed by atoms with van der Waals surface area (Å²) in [5.74, 6) is 0.331. The Morgan fingerprint density at radius 3 is 2.50 bits per heavy atom. The van der Waals surface area contributed by atoms with E-state index in [0.717, 1.165) is 39.9 Å². The number of anilines is 1. The number of rotatable bonds is 4. The molecule has 0 spiro atoms. The normalized spacial score (nSPS) is 13.7. The molecule has 0 bridgehead atoms. The van der Waals surface area contributed by atoms with E-state index >= 15 is 0 Å². The number of benzene rings is 4. The highest BCUT2D eigenvalue weighted by Gasteiger charge is 2.31. The van der Waals surface area contributed by atoms with Crippen molar-refractivity contribution in [2.24, 2.45) is 0 Å². The van der Waals surface area contributed by atoms with E-state index < -0.39 is 17.6 Å². The van der Waals surface area contributed by atoms with Gasteiger partial charge in [-0.15, -0.1) is 0 Å². The monoisotopic (exact) mass is 516 g/mol. The first-order chi connectivity index (χ1) is 18.3. The molecule has 2 N–H and O–H groups in total. The second-order valence-corrected chi connectivity index (χ2v) is 8.85. The molecule has 0 aliphatic carbocycles. The first kappa shape index (κ1) is 23.6. The molecular formula is C29H19F3N2O4. The van der Waals surface area contributed by atoms with E-state index in [4.69, 9.17) is 9.47 Å². The lowest BCUT2D eigenvalue weighted by Gasteiger charge is -2.14. The minimum absolute atomic E-state index is 0.105. The molecule has 2 aliphatic heterocycles. The van der Waals surface area contributed by atoms with Crippen molar-refractivity contribution in [2.75, 3.05) is 12.1 Å². The van der Waals surface area contributed by atoms with E-state index in [-0.39, 0.29) is 18.3 Å². The van der Waals surface area contributed by atoms with Crippen molar-refractivity contribution in [3.8, 4) is 33.8 Å². The van der Waals surface area contributed by atoms with Gasteiger partial charge >= 0.3 is 6.18 Å². The predicted octanol–water partition coefficient (Wildman–Crippen LogP) is 6.26. The Hall–Kier alpha value is -4.79. The van der Waals surface area contributed by atoms with Crippen LogP contribution in [-0.2, 0) is 12.7 Å². The van der Waals surface area contributed by atoms with Gasteiger partial charge in [-0.2, -0.15) is 13.2 Å². The third kappa shape index (κ3) is 4.11. The fourth-order valence-corrected chi connectivity index (χ4v) is 4.79. The van der Waals surface area contributed by atoms with Gasteiger partial charge in [0.2, 0.25) is 6.79 Å². The smallest absolute Gasteiger partial charge is 0.416 e. The summed E-state index contributed by atoms with van der Waals surface area (Å²) in [4.78, 5) is 25.6. The summed E-state index contributed by atoms with van der Waals surface area (Å²) in [5.41, 5.74) is 3.74. The topological polar surface area (TPSA) is 76.7 Å². The van der Waals surface area contributed by atoms with Gasteiger partial charge in [0, 0.05) is 23.4 Å². The molecule has 0 saturated carbocycles. The van der Waals surface area contributed by atoms with Gasteiger partial charge in [-0.1, -0.05) is 42.5 Å². The molecule has 2 amide bonds. The number of hydrogen-bond donors (Lipinski definition) is 2. The van der Waals surface area contributed by atoms with Crippen LogP contribution < -0.4 is 20.1 Å². The number of carbonyl (C=O) groups is 2. The average molecular weight is 516 g/mol. The van der Waals surface area contributed by atoms with Crippen molar-refractivity contribution < 1.29 is 32.2 Å². The lowest BCUT2D eigenvalue weighted by molar-refractivity contribution is -0.137. The highest BCUT2D eigenvalue weighted by Crippen LogP contribution is 2.45. The number of hydrogen-bond acceptors (Lipinski definition) is 4. The Morgan fingerprint density at radius 1 is 0.868 bits per heavy atom. The molecule has 9 heteroatoms. The lowest BCUT2D eigenvalue weighted by Crippen LogP contribution is -2.14. The zero-order chi connectivity index (χ0) is 26.4. The Morgan fingerprint density at radius 2 is 1.66 bits per heavy atom. The van der Waals surface area contributed by atoms with Gasteiger partial charge in [0.1, 0.15) is 0 Å². The maximum absolute atomic E-state index is 13.1. The van der Waals surface area contributed by atoms with E-state index in [2.05, 4.69) is 10.6 Å². The number of para-hydroxylation sites is 1. The molecule has 0 fully saturated rings. The SMILES string of the molecule is O=C(Nc1cccc(-c2ccc(-c3cccc4c3OCO4)c3c2CNC3=O)c1)c1cccc(C(F)(F)F)c1. The van der Waals surface area contributed by atoms with Crippen LogP contribution in [0.5, 0.6) is 11.5 Å². The van der Waals surface area contributed by atoms with Crippen LogP contribution in [0.4, 0.5) is 18.9 Å². The van der Waals surface area contributed by atoms with Gasteiger partial charge in [0.25, 0.3) is 11.8 Å². The largest absolute Gasteiger partial charge is 0.454 e. The minimum Gasteiger partial charge on any atom is -0.454 e. The van der Waals surface area contributed by atoms with Crippen molar-refractivity contribution in [3.05, 3.63) is 101 Å². The Kier molecular flexibility index (Phi) is 5.56. The summed E-state index contributed by atoms with van der Waals surface area (Å²) in [7, 11) is 0. The van der Waals surface area contributed by atoms with E-state index in [1.807, 2.05) is 30.3 Å². The van der Waals surface area contributed by atoms with Crippen molar-refractivity contribution >= 4 is 17.5 Å². The third-order valence-corrected chi connectivity index (χ3v) is 6.54. The summed E-state index contributed by atoms with van der Waals surface area (Å²) < 4.78 is 50.3. The molecule has 0 radical (unpaired) electrons. The summed E-state index contributed by atoms with van der Waals surface area (Å²) >= 11 is 0. The van der Waals surface area contributed by atoms with Crippen LogP contribution in [0.1, 0.15) is 31.8 Å². The number of alkyl halides is 3. The zero-order valence-electron chi connectivity index (χ0n) is 19.7. The summed E-state index contributed by atoms with van der Waals surface area (Å²) in [6.45, 7) is 0.433. The van der Waals surface area contributed by atoms with Gasteiger partial charge in [-0.3, -0.25) is 9.59 Å². The van der Waals surface area contributed by atoms with Crippen LogP contribution in [0.25, 0.3) is 22.3 Å². The van der Waals surface area contributed by atoms with E-state index in [9.17, 15) is 22.8 Å². The Balaban J connectivity index is 1.34. The van der Waals surface area contributed by atoms with Gasteiger partial charge in [-0.25, -0.2) is 0 Å². The zero-order valence-corrected chi connectivity index (χ0v) is 19.7. The van der Waals surface area contributed by atoms with Crippen LogP contribution >= 0.6 is 0 Å². The summed E-state index contributed by atoms with van der Waals surface area (Å²) in [6, 6.07) is 20.5. The molecule has 38 heavy (non-hydrogen) atoms. The number of halogens is 3. The Labute approximate surface area is 215 Å². The third-order valence-electron chi connectivity index (χ3n) is 6.54. The average Bonchev–Trinajstić information content (AvgIpc) is 3.55. The van der Waals surface area contributed by atoms with Crippen LogP contribution in [-0.4, -0.2) is 18.6 Å². The number of fused-ring (bicyclic) bond motifs is 2. The predicted molar refractivity (Wildman–Crippen MR) is 134 cm³/mol. The Bertz CT molecular complexity index is 1610. The van der Waals surface area contributed by atoms with Crippen molar-refractivity contribution in [2.45, 2.75) is 12.7 Å². The van der Waals surface area contributed by atoms with Crippen molar-refractivity contribution in [1.29, 1.82) is 0 Å². The van der Waals surface area contributed by atoms with Crippen molar-refractivity contribution in [3.63, 3.8) is 0 Å². The second-order valence-electron chi connectivity index (χ2n) is 8.85. The van der Waals surface area contributed by atoms with Gasteiger partial charge < -0.3 is 20.1 Å². The molecule has 0 atom stereocenters. The van der Waals surface area contributed by atoms with Crippen LogP contribution in [0.2, 0.25) is 0 Å². The number of amides is 2.